The first-order chi connectivity index (χ1) is 27.3. The van der Waals surface area contributed by atoms with Gasteiger partial charge in [-0.3, -0.25) is 29.9 Å². The van der Waals surface area contributed by atoms with Crippen molar-refractivity contribution in [3.8, 4) is 50.7 Å². The van der Waals surface area contributed by atoms with Gasteiger partial charge in [0.05, 0.1) is 50.5 Å². The van der Waals surface area contributed by atoms with Gasteiger partial charge in [0.15, 0.2) is 0 Å². The molecule has 11 aromatic rings. The van der Waals surface area contributed by atoms with Crippen molar-refractivity contribution in [2.24, 2.45) is 0 Å². The van der Waals surface area contributed by atoms with Crippen molar-refractivity contribution in [2.45, 2.75) is 0 Å². The Balaban J connectivity index is 1.20. The lowest BCUT2D eigenvalue weighted by Crippen LogP contribution is -1.98. The van der Waals surface area contributed by atoms with Crippen LogP contribution in [0.5, 0.6) is 0 Å². The minimum Gasteiger partial charge on any atom is -0.308 e. The zero-order chi connectivity index (χ0) is 36.3. The second-order valence-corrected chi connectivity index (χ2v) is 13.6. The van der Waals surface area contributed by atoms with E-state index in [-0.39, 0.29) is 0 Å². The summed E-state index contributed by atoms with van der Waals surface area (Å²) in [5.41, 5.74) is 12.7. The highest BCUT2D eigenvalue weighted by molar-refractivity contribution is 6.23. The normalized spacial score (nSPS) is 11.6. The molecule has 0 N–H and O–H groups in total. The monoisotopic (exact) mass is 703 g/mol. The SMILES string of the molecule is c1ccc(-c2ccc(-c3ccc4c(c3)c3cc(-c5ccc(-c6ccccn6)nc5)c5ccccc5c3n4-c3cc4cccnc4c4ncccc34)cn2)nc1. The van der Waals surface area contributed by atoms with E-state index in [0.29, 0.717) is 0 Å². The van der Waals surface area contributed by atoms with Gasteiger partial charge in [-0.2, -0.15) is 0 Å². The Hall–Kier alpha value is -7.64. The maximum absolute atomic E-state index is 4.88. The van der Waals surface area contributed by atoms with Crippen molar-refractivity contribution in [3.05, 3.63) is 177 Å². The fraction of sp³-hybridized carbons (Fsp3) is 0. The number of nitrogens with zero attached hydrogens (tertiary/aromatic N) is 7. The quantitative estimate of drug-likeness (QED) is 0.166. The molecule has 0 aliphatic heterocycles. The summed E-state index contributed by atoms with van der Waals surface area (Å²) >= 11 is 0. The lowest BCUT2D eigenvalue weighted by atomic mass is 9.95. The smallest absolute Gasteiger partial charge is 0.0985 e. The van der Waals surface area contributed by atoms with Crippen LogP contribution in [0.15, 0.2) is 177 Å². The number of rotatable bonds is 5. The zero-order valence-corrected chi connectivity index (χ0v) is 29.4. The van der Waals surface area contributed by atoms with E-state index in [1.54, 1.807) is 12.4 Å². The Morgan fingerprint density at radius 2 is 0.982 bits per heavy atom. The van der Waals surface area contributed by atoms with E-state index in [9.17, 15) is 0 Å². The van der Waals surface area contributed by atoms with Gasteiger partial charge in [-0.05, 0) is 95.4 Å². The molecule has 0 aliphatic rings. The average molecular weight is 704 g/mol. The highest BCUT2D eigenvalue weighted by Crippen LogP contribution is 2.44. The first-order valence-corrected chi connectivity index (χ1v) is 18.2. The highest BCUT2D eigenvalue weighted by Gasteiger charge is 2.21. The van der Waals surface area contributed by atoms with Crippen LogP contribution in [0.1, 0.15) is 0 Å². The van der Waals surface area contributed by atoms with Gasteiger partial charge in [0, 0.05) is 75.2 Å². The van der Waals surface area contributed by atoms with Crippen LogP contribution in [0.25, 0.3) is 105 Å². The van der Waals surface area contributed by atoms with E-state index in [1.807, 2.05) is 79.4 Å². The van der Waals surface area contributed by atoms with Crippen molar-refractivity contribution in [2.75, 3.05) is 0 Å². The lowest BCUT2D eigenvalue weighted by molar-refractivity contribution is 1.20. The molecule has 0 spiro atoms. The molecule has 7 aromatic heterocycles. The van der Waals surface area contributed by atoms with E-state index in [0.717, 1.165) is 105 Å². The Labute approximate surface area is 315 Å². The molecule has 0 atom stereocenters. The number of aromatic nitrogens is 7. The molecular weight excluding hydrogens is 675 g/mol. The standard InChI is InChI=1S/C48H29N7/c1-2-11-35-34(10-1)37(33-16-19-43(54-29-33)41-14-4-6-22-50-41)27-39-38-25-30(32-15-18-42(53-28-32)40-13-3-5-21-49-40)17-20-44(38)55(48(35)39)45-26-31-9-7-23-51-46(31)47-36(45)12-8-24-52-47/h1-29H. The van der Waals surface area contributed by atoms with Crippen LogP contribution in [-0.2, 0) is 0 Å². The molecular formula is C48H29N7. The predicted octanol–water partition coefficient (Wildman–Crippen LogP) is 11.3. The summed E-state index contributed by atoms with van der Waals surface area (Å²) in [5, 5.41) is 6.63. The van der Waals surface area contributed by atoms with Gasteiger partial charge in [0.1, 0.15) is 0 Å². The molecule has 55 heavy (non-hydrogen) atoms. The topological polar surface area (TPSA) is 82.3 Å². The summed E-state index contributed by atoms with van der Waals surface area (Å²) in [7, 11) is 0. The first-order valence-electron chi connectivity index (χ1n) is 18.2. The van der Waals surface area contributed by atoms with Gasteiger partial charge < -0.3 is 4.57 Å². The Morgan fingerprint density at radius 1 is 0.364 bits per heavy atom. The third-order valence-electron chi connectivity index (χ3n) is 10.5. The molecule has 11 rings (SSSR count). The van der Waals surface area contributed by atoms with Crippen molar-refractivity contribution in [1.82, 2.24) is 34.5 Å². The van der Waals surface area contributed by atoms with Gasteiger partial charge in [0.2, 0.25) is 0 Å². The fourth-order valence-electron chi connectivity index (χ4n) is 7.93. The van der Waals surface area contributed by atoms with Crippen LogP contribution >= 0.6 is 0 Å². The van der Waals surface area contributed by atoms with Crippen LogP contribution in [0, 0.1) is 0 Å². The maximum Gasteiger partial charge on any atom is 0.0985 e. The van der Waals surface area contributed by atoms with Crippen molar-refractivity contribution in [3.63, 3.8) is 0 Å². The van der Waals surface area contributed by atoms with Crippen molar-refractivity contribution >= 4 is 54.4 Å². The van der Waals surface area contributed by atoms with Gasteiger partial charge in [-0.1, -0.05) is 60.7 Å². The summed E-state index contributed by atoms with van der Waals surface area (Å²) < 4.78 is 2.42. The van der Waals surface area contributed by atoms with Gasteiger partial charge in [-0.15, -0.1) is 0 Å². The number of fused-ring (bicyclic) bond motifs is 8. The number of benzene rings is 4. The summed E-state index contributed by atoms with van der Waals surface area (Å²) in [6, 6.07) is 48.4. The molecule has 0 fully saturated rings. The highest BCUT2D eigenvalue weighted by atomic mass is 15.0. The number of pyridine rings is 6. The minimum atomic E-state index is 0.838. The fourth-order valence-corrected chi connectivity index (χ4v) is 7.93. The number of hydrogen-bond acceptors (Lipinski definition) is 6. The van der Waals surface area contributed by atoms with E-state index in [2.05, 4.69) is 99.5 Å². The van der Waals surface area contributed by atoms with E-state index in [4.69, 9.17) is 19.9 Å². The van der Waals surface area contributed by atoms with Crippen molar-refractivity contribution in [1.29, 1.82) is 0 Å². The van der Waals surface area contributed by atoms with Crippen molar-refractivity contribution < 1.29 is 0 Å². The lowest BCUT2D eigenvalue weighted by Gasteiger charge is -2.15. The van der Waals surface area contributed by atoms with Crippen LogP contribution in [0.3, 0.4) is 0 Å². The van der Waals surface area contributed by atoms with Gasteiger partial charge in [0.25, 0.3) is 0 Å². The third-order valence-corrected chi connectivity index (χ3v) is 10.5. The minimum absolute atomic E-state index is 0.838. The molecule has 0 radical (unpaired) electrons. The first kappa shape index (κ1) is 30.9. The van der Waals surface area contributed by atoms with Gasteiger partial charge >= 0.3 is 0 Å². The number of hydrogen-bond donors (Lipinski definition) is 0. The molecule has 7 heteroatoms. The molecule has 0 aliphatic carbocycles. The molecule has 0 amide bonds. The second kappa shape index (κ2) is 12.5. The molecule has 7 nitrogen and oxygen atoms in total. The van der Waals surface area contributed by atoms with Crippen LogP contribution in [0.2, 0.25) is 0 Å². The molecule has 0 saturated carbocycles. The summed E-state index contributed by atoms with van der Waals surface area (Å²) in [5.74, 6) is 0. The van der Waals surface area contributed by atoms with Gasteiger partial charge in [-0.25, -0.2) is 0 Å². The van der Waals surface area contributed by atoms with E-state index in [1.165, 1.54) is 0 Å². The average Bonchev–Trinajstić information content (AvgIpc) is 3.60. The largest absolute Gasteiger partial charge is 0.308 e. The van der Waals surface area contributed by atoms with Crippen LogP contribution in [-0.4, -0.2) is 34.5 Å². The molecule has 7 heterocycles. The van der Waals surface area contributed by atoms with Crippen LogP contribution < -0.4 is 0 Å². The summed E-state index contributed by atoms with van der Waals surface area (Å²) in [6.07, 6.45) is 11.2. The zero-order valence-electron chi connectivity index (χ0n) is 29.4. The third kappa shape index (κ3) is 5.05. The molecule has 4 aromatic carbocycles. The second-order valence-electron chi connectivity index (χ2n) is 13.6. The Kier molecular flexibility index (Phi) is 7.03. The predicted molar refractivity (Wildman–Crippen MR) is 222 cm³/mol. The summed E-state index contributed by atoms with van der Waals surface area (Å²) in [6.45, 7) is 0. The Bertz CT molecular complexity index is 3230. The van der Waals surface area contributed by atoms with Crippen LogP contribution in [0.4, 0.5) is 0 Å². The van der Waals surface area contributed by atoms with E-state index < -0.39 is 0 Å². The van der Waals surface area contributed by atoms with E-state index >= 15 is 0 Å². The molecule has 0 saturated heterocycles. The maximum atomic E-state index is 4.88. The molecule has 0 bridgehead atoms. The molecule has 0 unspecified atom stereocenters. The summed E-state index contributed by atoms with van der Waals surface area (Å²) in [4.78, 5) is 28.3. The molecule has 256 valence electrons. The Morgan fingerprint density at radius 3 is 1.69 bits per heavy atom.